The minimum atomic E-state index is -3.78. The van der Waals surface area contributed by atoms with Crippen molar-refractivity contribution in [3.63, 3.8) is 0 Å². The van der Waals surface area contributed by atoms with Gasteiger partial charge in [-0.15, -0.1) is 0 Å². The van der Waals surface area contributed by atoms with Crippen LogP contribution in [0.1, 0.15) is 0 Å². The molecule has 1 amide bonds. The molecule has 0 N–H and O–H groups in total. The molecule has 5 nitrogen and oxygen atoms in total. The van der Waals surface area contributed by atoms with E-state index in [0.29, 0.717) is 0 Å². The first-order chi connectivity index (χ1) is 9.45. The quantitative estimate of drug-likeness (QED) is 0.823. The third-order valence-electron chi connectivity index (χ3n) is 3.14. The number of alkyl halides is 1. The molecular weight excluding hydrogens is 290 g/mol. The molecule has 0 atom stereocenters. The van der Waals surface area contributed by atoms with Gasteiger partial charge < -0.3 is 4.90 Å². The zero-order chi connectivity index (χ0) is 14.8. The Bertz CT molecular complexity index is 598. The fourth-order valence-electron chi connectivity index (χ4n) is 2.04. The molecule has 0 radical (unpaired) electrons. The molecule has 1 fully saturated rings. The van der Waals surface area contributed by atoms with Crippen molar-refractivity contribution in [2.75, 3.05) is 32.9 Å². The Morgan fingerprint density at radius 1 is 1.20 bits per heavy atom. The molecule has 1 heterocycles. The second kappa shape index (κ2) is 5.84. The zero-order valence-electron chi connectivity index (χ0n) is 10.6. The summed E-state index contributed by atoms with van der Waals surface area (Å²) in [7, 11) is -3.78. The van der Waals surface area contributed by atoms with E-state index in [2.05, 4.69) is 0 Å². The topological polar surface area (TPSA) is 57.7 Å². The molecule has 1 aliphatic heterocycles. The van der Waals surface area contributed by atoms with E-state index in [1.807, 2.05) is 0 Å². The highest BCUT2D eigenvalue weighted by Gasteiger charge is 2.30. The Morgan fingerprint density at radius 3 is 2.40 bits per heavy atom. The van der Waals surface area contributed by atoms with E-state index in [9.17, 15) is 22.0 Å². The van der Waals surface area contributed by atoms with Crippen LogP contribution in [0, 0.1) is 5.82 Å². The Morgan fingerprint density at radius 2 is 1.85 bits per heavy atom. The summed E-state index contributed by atoms with van der Waals surface area (Å²) in [5.41, 5.74) is 0. The van der Waals surface area contributed by atoms with Gasteiger partial charge in [0.25, 0.3) is 5.91 Å². The van der Waals surface area contributed by atoms with Gasteiger partial charge in [-0.2, -0.15) is 4.31 Å². The van der Waals surface area contributed by atoms with Crippen LogP contribution in [0.25, 0.3) is 0 Å². The lowest BCUT2D eigenvalue weighted by Crippen LogP contribution is -2.50. The molecule has 2 rings (SSSR count). The molecule has 1 aromatic carbocycles. The molecule has 8 heteroatoms. The lowest BCUT2D eigenvalue weighted by Gasteiger charge is -2.33. The van der Waals surface area contributed by atoms with Crippen molar-refractivity contribution in [1.29, 1.82) is 0 Å². The fourth-order valence-corrected chi connectivity index (χ4v) is 3.49. The predicted molar refractivity (Wildman–Crippen MR) is 67.7 cm³/mol. The molecule has 1 aromatic rings. The third-order valence-corrected chi connectivity index (χ3v) is 5.03. The second-order valence-electron chi connectivity index (χ2n) is 4.38. The van der Waals surface area contributed by atoms with E-state index in [0.717, 1.165) is 12.1 Å². The SMILES string of the molecule is O=C(CF)N1CCN(S(=O)(=O)c2cccc(F)c2)CC1. The summed E-state index contributed by atoms with van der Waals surface area (Å²) >= 11 is 0. The summed E-state index contributed by atoms with van der Waals surface area (Å²) in [5.74, 6) is -1.27. The molecular formula is C12H14F2N2O3S. The molecule has 1 aliphatic rings. The Labute approximate surface area is 115 Å². The predicted octanol–water partition coefficient (Wildman–Crippen LogP) is 0.628. The maximum atomic E-state index is 13.1. The molecule has 1 saturated heterocycles. The van der Waals surface area contributed by atoms with Crippen LogP contribution < -0.4 is 0 Å². The van der Waals surface area contributed by atoms with Crippen LogP contribution in [-0.2, 0) is 14.8 Å². The Balaban J connectivity index is 2.11. The number of benzene rings is 1. The standard InChI is InChI=1S/C12H14F2N2O3S/c13-9-12(17)15-4-6-16(7-5-15)20(18,19)11-3-1-2-10(14)8-11/h1-3,8H,4-7,9H2. The number of sulfonamides is 1. The minimum Gasteiger partial charge on any atom is -0.338 e. The van der Waals surface area contributed by atoms with Crippen LogP contribution in [0.5, 0.6) is 0 Å². The molecule has 0 spiro atoms. The van der Waals surface area contributed by atoms with Crippen LogP contribution in [-0.4, -0.2) is 56.4 Å². The number of carbonyl (C=O) groups is 1. The average molecular weight is 304 g/mol. The summed E-state index contributed by atoms with van der Waals surface area (Å²) in [4.78, 5) is 12.3. The van der Waals surface area contributed by atoms with Crippen LogP contribution in [0.15, 0.2) is 29.2 Å². The van der Waals surface area contributed by atoms with Crippen molar-refractivity contribution in [3.05, 3.63) is 30.1 Å². The van der Waals surface area contributed by atoms with Crippen molar-refractivity contribution in [1.82, 2.24) is 9.21 Å². The number of hydrogen-bond acceptors (Lipinski definition) is 3. The number of rotatable bonds is 3. The van der Waals surface area contributed by atoms with Crippen molar-refractivity contribution >= 4 is 15.9 Å². The summed E-state index contributed by atoms with van der Waals surface area (Å²) in [6.45, 7) is -0.666. The molecule has 0 unspecified atom stereocenters. The number of amides is 1. The monoisotopic (exact) mass is 304 g/mol. The minimum absolute atomic E-state index is 0.0740. The molecule has 0 aliphatic carbocycles. The highest BCUT2D eigenvalue weighted by Crippen LogP contribution is 2.18. The average Bonchev–Trinajstić information content (AvgIpc) is 2.46. The molecule has 0 aromatic heterocycles. The normalized spacial score (nSPS) is 17.2. The Kier molecular flexibility index (Phi) is 4.34. The van der Waals surface area contributed by atoms with Crippen molar-refractivity contribution in [2.24, 2.45) is 0 Å². The van der Waals surface area contributed by atoms with Crippen LogP contribution in [0.3, 0.4) is 0 Å². The Hall–Kier alpha value is -1.54. The number of halogens is 2. The summed E-state index contributed by atoms with van der Waals surface area (Å²) in [5, 5.41) is 0. The molecule has 20 heavy (non-hydrogen) atoms. The number of piperazine rings is 1. The summed E-state index contributed by atoms with van der Waals surface area (Å²) < 4.78 is 51.1. The molecule has 0 bridgehead atoms. The van der Waals surface area contributed by atoms with Gasteiger partial charge >= 0.3 is 0 Å². The van der Waals surface area contributed by atoms with Gasteiger partial charge in [0.05, 0.1) is 4.90 Å². The van der Waals surface area contributed by atoms with E-state index in [1.54, 1.807) is 0 Å². The van der Waals surface area contributed by atoms with Crippen molar-refractivity contribution < 1.29 is 22.0 Å². The largest absolute Gasteiger partial charge is 0.338 e. The van der Waals surface area contributed by atoms with E-state index in [-0.39, 0.29) is 31.1 Å². The van der Waals surface area contributed by atoms with Gasteiger partial charge in [-0.3, -0.25) is 4.79 Å². The van der Waals surface area contributed by atoms with Gasteiger partial charge in [0.15, 0.2) is 6.67 Å². The number of carbonyl (C=O) groups excluding carboxylic acids is 1. The van der Waals surface area contributed by atoms with Gasteiger partial charge in [0.2, 0.25) is 10.0 Å². The number of nitrogens with zero attached hydrogens (tertiary/aromatic N) is 2. The lowest BCUT2D eigenvalue weighted by atomic mass is 10.3. The first kappa shape index (κ1) is 14.9. The van der Waals surface area contributed by atoms with E-state index in [4.69, 9.17) is 0 Å². The van der Waals surface area contributed by atoms with Gasteiger partial charge in [-0.1, -0.05) is 6.07 Å². The van der Waals surface area contributed by atoms with E-state index in [1.165, 1.54) is 21.3 Å². The van der Waals surface area contributed by atoms with Gasteiger partial charge in [0.1, 0.15) is 5.82 Å². The highest BCUT2D eigenvalue weighted by atomic mass is 32.2. The molecule has 0 saturated carbocycles. The zero-order valence-corrected chi connectivity index (χ0v) is 11.4. The lowest BCUT2D eigenvalue weighted by molar-refractivity contribution is -0.133. The fraction of sp³-hybridized carbons (Fsp3) is 0.417. The van der Waals surface area contributed by atoms with Crippen molar-refractivity contribution in [3.8, 4) is 0 Å². The maximum Gasteiger partial charge on any atom is 0.254 e. The van der Waals surface area contributed by atoms with Crippen molar-refractivity contribution in [2.45, 2.75) is 4.90 Å². The first-order valence-corrected chi connectivity index (χ1v) is 7.48. The van der Waals surface area contributed by atoms with Crippen LogP contribution >= 0.6 is 0 Å². The molecule has 110 valence electrons. The number of hydrogen-bond donors (Lipinski definition) is 0. The van der Waals surface area contributed by atoms with Gasteiger partial charge in [-0.25, -0.2) is 17.2 Å². The van der Waals surface area contributed by atoms with E-state index >= 15 is 0 Å². The highest BCUT2D eigenvalue weighted by molar-refractivity contribution is 7.89. The van der Waals surface area contributed by atoms with Gasteiger partial charge in [-0.05, 0) is 18.2 Å². The second-order valence-corrected chi connectivity index (χ2v) is 6.31. The van der Waals surface area contributed by atoms with Gasteiger partial charge in [0, 0.05) is 26.2 Å². The first-order valence-electron chi connectivity index (χ1n) is 6.04. The maximum absolute atomic E-state index is 13.1. The smallest absolute Gasteiger partial charge is 0.254 e. The third kappa shape index (κ3) is 2.96. The van der Waals surface area contributed by atoms with Crippen LogP contribution in [0.4, 0.5) is 8.78 Å². The summed E-state index contributed by atoms with van der Waals surface area (Å²) in [6, 6.07) is 4.76. The van der Waals surface area contributed by atoms with Crippen LogP contribution in [0.2, 0.25) is 0 Å². The van der Waals surface area contributed by atoms with E-state index < -0.39 is 28.4 Å². The summed E-state index contributed by atoms with van der Waals surface area (Å²) in [6.07, 6.45) is 0.